The molecule has 0 saturated carbocycles. The summed E-state index contributed by atoms with van der Waals surface area (Å²) in [5.74, 6) is 1.92. The molecule has 2 aromatic rings. The van der Waals surface area contributed by atoms with Crippen molar-refractivity contribution in [1.29, 1.82) is 0 Å². The number of aliphatic hydroxyl groups is 1. The summed E-state index contributed by atoms with van der Waals surface area (Å²) in [4.78, 5) is 4.23. The van der Waals surface area contributed by atoms with Crippen LogP contribution in [0.5, 0.6) is 5.75 Å². The van der Waals surface area contributed by atoms with Crippen LogP contribution < -0.4 is 4.74 Å². The number of hydrogen-bond donors (Lipinski definition) is 1. The Morgan fingerprint density at radius 2 is 2.10 bits per heavy atom. The van der Waals surface area contributed by atoms with Crippen LogP contribution in [0.2, 0.25) is 0 Å². The van der Waals surface area contributed by atoms with E-state index in [1.54, 1.807) is 6.92 Å². The molecule has 2 rings (SSSR count). The summed E-state index contributed by atoms with van der Waals surface area (Å²) >= 11 is 3.42. The highest BCUT2D eigenvalue weighted by molar-refractivity contribution is 9.10. The van der Waals surface area contributed by atoms with E-state index in [0.29, 0.717) is 18.3 Å². The van der Waals surface area contributed by atoms with Crippen molar-refractivity contribution < 1.29 is 9.84 Å². The largest absolute Gasteiger partial charge is 0.485 e. The summed E-state index contributed by atoms with van der Waals surface area (Å²) in [5, 5.41) is 14.0. The minimum atomic E-state index is -0.582. The fraction of sp³-hybridized carbons (Fsp3) is 0.467. The zero-order valence-electron chi connectivity index (χ0n) is 12.5. The van der Waals surface area contributed by atoms with Crippen LogP contribution in [0.1, 0.15) is 38.3 Å². The predicted octanol–water partition coefficient (Wildman–Crippen LogP) is 3.33. The first-order valence-electron chi connectivity index (χ1n) is 6.94. The number of benzene rings is 1. The molecule has 6 heteroatoms. The Hall–Kier alpha value is -1.40. The minimum absolute atomic E-state index is 0.322. The van der Waals surface area contributed by atoms with Gasteiger partial charge in [0.1, 0.15) is 18.7 Å². The Bertz CT molecular complexity index is 596. The molecule has 0 bridgehead atoms. The van der Waals surface area contributed by atoms with Crippen LogP contribution >= 0.6 is 15.9 Å². The van der Waals surface area contributed by atoms with Crippen molar-refractivity contribution in [1.82, 2.24) is 14.8 Å². The number of hydrogen-bond acceptors (Lipinski definition) is 4. The molecule has 1 heterocycles. The van der Waals surface area contributed by atoms with Crippen molar-refractivity contribution in [2.24, 2.45) is 5.92 Å². The predicted molar refractivity (Wildman–Crippen MR) is 84.0 cm³/mol. The molecule has 1 N–H and O–H groups in total. The van der Waals surface area contributed by atoms with Gasteiger partial charge in [-0.3, -0.25) is 0 Å². The first-order chi connectivity index (χ1) is 9.97. The zero-order chi connectivity index (χ0) is 15.4. The average Bonchev–Trinajstić information content (AvgIpc) is 2.82. The Morgan fingerprint density at radius 1 is 1.33 bits per heavy atom. The number of halogens is 1. The van der Waals surface area contributed by atoms with Gasteiger partial charge in [-0.2, -0.15) is 5.10 Å². The van der Waals surface area contributed by atoms with Crippen molar-refractivity contribution in [3.63, 3.8) is 0 Å². The Kier molecular flexibility index (Phi) is 5.36. The van der Waals surface area contributed by atoms with Gasteiger partial charge in [-0.1, -0.05) is 35.8 Å². The van der Waals surface area contributed by atoms with Gasteiger partial charge in [0.15, 0.2) is 5.82 Å². The van der Waals surface area contributed by atoms with Crippen molar-refractivity contribution >= 4 is 15.9 Å². The highest BCUT2D eigenvalue weighted by Crippen LogP contribution is 2.29. The molecular weight excluding hydrogens is 334 g/mol. The van der Waals surface area contributed by atoms with Gasteiger partial charge in [0.2, 0.25) is 0 Å². The normalized spacial score (nSPS) is 12.7. The maximum absolute atomic E-state index is 9.80. The summed E-state index contributed by atoms with van der Waals surface area (Å²) in [5.41, 5.74) is 0.758. The molecule has 0 fully saturated rings. The van der Waals surface area contributed by atoms with Crippen LogP contribution in [-0.4, -0.2) is 19.9 Å². The van der Waals surface area contributed by atoms with E-state index in [2.05, 4.69) is 39.9 Å². The number of rotatable bonds is 6. The molecule has 0 aliphatic carbocycles. The monoisotopic (exact) mass is 353 g/mol. The van der Waals surface area contributed by atoms with E-state index in [-0.39, 0.29) is 0 Å². The third-order valence-corrected chi connectivity index (χ3v) is 3.51. The van der Waals surface area contributed by atoms with E-state index in [1.807, 2.05) is 22.9 Å². The molecule has 5 nitrogen and oxygen atoms in total. The number of nitrogens with zero attached hydrogens (tertiary/aromatic N) is 3. The molecular formula is C15H20BrN3O2. The zero-order valence-corrected chi connectivity index (χ0v) is 14.0. The van der Waals surface area contributed by atoms with E-state index in [4.69, 9.17) is 4.74 Å². The number of aliphatic hydroxyl groups excluding tert-OH is 1. The molecule has 0 aliphatic heterocycles. The second kappa shape index (κ2) is 7.04. The fourth-order valence-corrected chi connectivity index (χ4v) is 2.36. The molecule has 1 atom stereocenters. The van der Waals surface area contributed by atoms with E-state index in [0.717, 1.165) is 22.4 Å². The van der Waals surface area contributed by atoms with Crippen LogP contribution in [-0.2, 0) is 13.2 Å². The van der Waals surface area contributed by atoms with Gasteiger partial charge in [0.25, 0.3) is 0 Å². The van der Waals surface area contributed by atoms with Crippen molar-refractivity contribution in [3.8, 4) is 5.75 Å². The molecule has 1 aromatic heterocycles. The molecule has 0 saturated heterocycles. The van der Waals surface area contributed by atoms with Gasteiger partial charge >= 0.3 is 0 Å². The lowest BCUT2D eigenvalue weighted by molar-refractivity contribution is 0.189. The van der Waals surface area contributed by atoms with Crippen LogP contribution in [0.25, 0.3) is 0 Å². The first kappa shape index (κ1) is 16.0. The SMILES string of the molecule is CC(C)Cn1ncnc1COc1cc(Br)ccc1[C@@H](C)O. The molecule has 114 valence electrons. The highest BCUT2D eigenvalue weighted by Gasteiger charge is 2.12. The first-order valence-corrected chi connectivity index (χ1v) is 7.73. The molecule has 21 heavy (non-hydrogen) atoms. The fourth-order valence-electron chi connectivity index (χ4n) is 2.02. The summed E-state index contributed by atoms with van der Waals surface area (Å²) in [6.45, 7) is 7.11. The van der Waals surface area contributed by atoms with Gasteiger partial charge in [-0.15, -0.1) is 0 Å². The lowest BCUT2D eigenvalue weighted by Crippen LogP contribution is -2.12. The van der Waals surface area contributed by atoms with Crippen LogP contribution in [0.4, 0.5) is 0 Å². The van der Waals surface area contributed by atoms with Gasteiger partial charge in [-0.05, 0) is 25.0 Å². The summed E-state index contributed by atoms with van der Waals surface area (Å²) < 4.78 is 8.59. The standard InChI is InChI=1S/C15H20BrN3O2/c1-10(2)7-19-15(17-9-18-19)8-21-14-6-12(16)4-5-13(14)11(3)20/h4-6,9-11,20H,7-8H2,1-3H3/t11-/m1/s1. The molecule has 0 radical (unpaired) electrons. The van der Waals surface area contributed by atoms with Gasteiger partial charge in [-0.25, -0.2) is 9.67 Å². The molecule has 0 aliphatic rings. The van der Waals surface area contributed by atoms with Gasteiger partial charge in [0, 0.05) is 16.6 Å². The second-order valence-electron chi connectivity index (χ2n) is 5.40. The van der Waals surface area contributed by atoms with Gasteiger partial charge < -0.3 is 9.84 Å². The third kappa shape index (κ3) is 4.28. The topological polar surface area (TPSA) is 60.2 Å². The lowest BCUT2D eigenvalue weighted by atomic mass is 10.1. The second-order valence-corrected chi connectivity index (χ2v) is 6.31. The third-order valence-electron chi connectivity index (χ3n) is 3.02. The van der Waals surface area contributed by atoms with Crippen LogP contribution in [0, 0.1) is 5.92 Å². The maximum Gasteiger partial charge on any atom is 0.164 e. The van der Waals surface area contributed by atoms with Crippen LogP contribution in [0.15, 0.2) is 29.0 Å². The van der Waals surface area contributed by atoms with E-state index in [1.165, 1.54) is 6.33 Å². The van der Waals surface area contributed by atoms with E-state index < -0.39 is 6.10 Å². The quantitative estimate of drug-likeness (QED) is 0.865. The number of aromatic nitrogens is 3. The van der Waals surface area contributed by atoms with Crippen molar-refractivity contribution in [2.75, 3.05) is 0 Å². The van der Waals surface area contributed by atoms with Crippen molar-refractivity contribution in [2.45, 2.75) is 40.0 Å². The molecule has 0 amide bonds. The van der Waals surface area contributed by atoms with E-state index in [9.17, 15) is 5.11 Å². The Morgan fingerprint density at radius 3 is 2.76 bits per heavy atom. The summed E-state index contributed by atoms with van der Waals surface area (Å²) in [7, 11) is 0. The Balaban J connectivity index is 2.13. The summed E-state index contributed by atoms with van der Waals surface area (Å²) in [6.07, 6.45) is 0.957. The Labute approximate surface area is 133 Å². The van der Waals surface area contributed by atoms with E-state index >= 15 is 0 Å². The number of ether oxygens (including phenoxy) is 1. The molecule has 0 unspecified atom stereocenters. The maximum atomic E-state index is 9.80. The smallest absolute Gasteiger partial charge is 0.164 e. The average molecular weight is 354 g/mol. The minimum Gasteiger partial charge on any atom is -0.485 e. The lowest BCUT2D eigenvalue weighted by Gasteiger charge is -2.14. The van der Waals surface area contributed by atoms with Gasteiger partial charge in [0.05, 0.1) is 6.10 Å². The van der Waals surface area contributed by atoms with Crippen molar-refractivity contribution in [3.05, 3.63) is 40.4 Å². The summed E-state index contributed by atoms with van der Waals surface area (Å²) in [6, 6.07) is 5.59. The molecule has 0 spiro atoms. The van der Waals surface area contributed by atoms with Crippen LogP contribution in [0.3, 0.4) is 0 Å². The molecule has 1 aromatic carbocycles. The highest BCUT2D eigenvalue weighted by atomic mass is 79.9.